The van der Waals surface area contributed by atoms with Gasteiger partial charge in [-0.1, -0.05) is 12.1 Å². The number of nitrogens with one attached hydrogen (secondary N) is 1. The van der Waals surface area contributed by atoms with Gasteiger partial charge in [-0.25, -0.2) is 0 Å². The number of halogens is 3. The van der Waals surface area contributed by atoms with Crippen LogP contribution in [0.15, 0.2) is 24.3 Å². The molecule has 106 valence electrons. The second kappa shape index (κ2) is 6.53. The molecule has 1 amide bonds. The van der Waals surface area contributed by atoms with E-state index in [-0.39, 0.29) is 5.56 Å². The largest absolute Gasteiger partial charge is 0.390 e. The fourth-order valence-electron chi connectivity index (χ4n) is 1.38. The Kier molecular flexibility index (Phi) is 5.31. The van der Waals surface area contributed by atoms with Crippen molar-refractivity contribution in [2.24, 2.45) is 5.73 Å². The van der Waals surface area contributed by atoms with Crippen molar-refractivity contribution in [3.63, 3.8) is 0 Å². The number of hydrogen-bond acceptors (Lipinski definition) is 3. The van der Waals surface area contributed by atoms with Crippen LogP contribution in [-0.2, 0) is 4.74 Å². The second-order valence-electron chi connectivity index (χ2n) is 3.90. The van der Waals surface area contributed by atoms with Gasteiger partial charge in [-0.05, 0) is 17.7 Å². The van der Waals surface area contributed by atoms with E-state index in [1.807, 2.05) is 0 Å². The number of rotatable bonds is 5. The highest BCUT2D eigenvalue weighted by Gasteiger charge is 2.26. The average molecular weight is 276 g/mol. The van der Waals surface area contributed by atoms with Gasteiger partial charge in [-0.2, -0.15) is 13.2 Å². The number of methoxy groups -OCH3 is 1. The molecule has 0 aliphatic heterocycles. The van der Waals surface area contributed by atoms with Gasteiger partial charge in [0, 0.05) is 19.2 Å². The molecule has 1 aromatic carbocycles. The van der Waals surface area contributed by atoms with Gasteiger partial charge in [0.25, 0.3) is 5.91 Å². The summed E-state index contributed by atoms with van der Waals surface area (Å²) in [6, 6.07) is 6.15. The third-order valence-corrected chi connectivity index (χ3v) is 2.45. The molecular formula is C12H15F3N2O2. The van der Waals surface area contributed by atoms with Crippen LogP contribution in [0.2, 0.25) is 0 Å². The molecule has 0 fully saturated rings. The molecule has 0 aliphatic carbocycles. The van der Waals surface area contributed by atoms with Crippen LogP contribution in [0.3, 0.4) is 0 Å². The average Bonchev–Trinajstić information content (AvgIpc) is 2.36. The molecule has 3 N–H and O–H groups in total. The third-order valence-electron chi connectivity index (χ3n) is 2.45. The number of carbonyl (C=O) groups is 1. The van der Waals surface area contributed by atoms with Crippen LogP contribution >= 0.6 is 0 Å². The van der Waals surface area contributed by atoms with E-state index < -0.39 is 31.3 Å². The first-order chi connectivity index (χ1) is 8.83. The molecule has 1 rings (SSSR count). The van der Waals surface area contributed by atoms with Crippen LogP contribution < -0.4 is 11.1 Å². The van der Waals surface area contributed by atoms with Crippen LogP contribution in [0.4, 0.5) is 13.2 Å². The van der Waals surface area contributed by atoms with Gasteiger partial charge in [-0.3, -0.25) is 4.79 Å². The molecule has 0 saturated heterocycles. The Balaban J connectivity index is 2.54. The van der Waals surface area contributed by atoms with Gasteiger partial charge in [0.05, 0.1) is 6.42 Å². The molecule has 4 nitrogen and oxygen atoms in total. The molecule has 7 heteroatoms. The Morgan fingerprint density at radius 3 is 2.42 bits per heavy atom. The number of nitrogens with two attached hydrogens (primary N) is 1. The summed E-state index contributed by atoms with van der Waals surface area (Å²) in [5.74, 6) is -0.554. The molecular weight excluding hydrogens is 261 g/mol. The van der Waals surface area contributed by atoms with Gasteiger partial charge >= 0.3 is 6.18 Å². The SMILES string of the molecule is COC(N)c1ccc(C(=O)NCCC(F)(F)F)cc1. The lowest BCUT2D eigenvalue weighted by Gasteiger charge is -2.11. The number of alkyl halides is 3. The van der Waals surface area contributed by atoms with Crippen molar-refractivity contribution in [1.82, 2.24) is 5.32 Å². The lowest BCUT2D eigenvalue weighted by atomic mass is 10.1. The lowest BCUT2D eigenvalue weighted by Crippen LogP contribution is -2.27. The summed E-state index contributed by atoms with van der Waals surface area (Å²) in [4.78, 5) is 11.5. The highest BCUT2D eigenvalue weighted by molar-refractivity contribution is 5.94. The minimum absolute atomic E-state index is 0.272. The topological polar surface area (TPSA) is 64.3 Å². The minimum atomic E-state index is -4.28. The Bertz CT molecular complexity index is 418. The van der Waals surface area contributed by atoms with E-state index in [1.165, 1.54) is 19.2 Å². The monoisotopic (exact) mass is 276 g/mol. The van der Waals surface area contributed by atoms with E-state index in [9.17, 15) is 18.0 Å². The van der Waals surface area contributed by atoms with Crippen LogP contribution in [0.5, 0.6) is 0 Å². The van der Waals surface area contributed by atoms with Gasteiger partial charge in [-0.15, -0.1) is 0 Å². The quantitative estimate of drug-likeness (QED) is 0.808. The zero-order chi connectivity index (χ0) is 14.5. The standard InChI is InChI=1S/C12H15F3N2O2/c1-19-10(16)8-2-4-9(5-3-8)11(18)17-7-6-12(13,14)15/h2-5,10H,6-7,16H2,1H3,(H,17,18). The summed E-state index contributed by atoms with van der Waals surface area (Å²) in [6.45, 7) is -0.443. The fraction of sp³-hybridized carbons (Fsp3) is 0.417. The van der Waals surface area contributed by atoms with Gasteiger partial charge in [0.1, 0.15) is 6.23 Å². The highest BCUT2D eigenvalue weighted by atomic mass is 19.4. The molecule has 1 atom stereocenters. The zero-order valence-electron chi connectivity index (χ0n) is 10.3. The molecule has 0 bridgehead atoms. The zero-order valence-corrected chi connectivity index (χ0v) is 10.3. The first-order valence-electron chi connectivity index (χ1n) is 5.57. The van der Waals surface area contributed by atoms with Crippen LogP contribution in [0.25, 0.3) is 0 Å². The van der Waals surface area contributed by atoms with Crippen molar-refractivity contribution < 1.29 is 22.7 Å². The minimum Gasteiger partial charge on any atom is -0.363 e. The van der Waals surface area contributed by atoms with Gasteiger partial charge in [0.15, 0.2) is 0 Å². The summed E-state index contributed by atoms with van der Waals surface area (Å²) in [6.07, 6.45) is -5.92. The Morgan fingerprint density at radius 2 is 1.95 bits per heavy atom. The van der Waals surface area contributed by atoms with Crippen molar-refractivity contribution >= 4 is 5.91 Å². The first kappa shape index (κ1) is 15.5. The summed E-state index contributed by atoms with van der Waals surface area (Å²) < 4.78 is 40.6. The van der Waals surface area contributed by atoms with E-state index in [2.05, 4.69) is 5.32 Å². The van der Waals surface area contributed by atoms with E-state index >= 15 is 0 Å². The number of amides is 1. The normalized spacial score (nSPS) is 13.1. The highest BCUT2D eigenvalue weighted by Crippen LogP contribution is 2.18. The van der Waals surface area contributed by atoms with Crippen molar-refractivity contribution in [1.29, 1.82) is 0 Å². The molecule has 1 aromatic rings. The molecule has 1 unspecified atom stereocenters. The van der Waals surface area contributed by atoms with Crippen LogP contribution in [-0.4, -0.2) is 25.7 Å². The maximum Gasteiger partial charge on any atom is 0.390 e. The molecule has 0 spiro atoms. The number of carbonyl (C=O) groups excluding carboxylic acids is 1. The van der Waals surface area contributed by atoms with Crippen molar-refractivity contribution in [3.05, 3.63) is 35.4 Å². The van der Waals surface area contributed by atoms with Crippen molar-refractivity contribution in [2.75, 3.05) is 13.7 Å². The predicted molar refractivity (Wildman–Crippen MR) is 63.4 cm³/mol. The van der Waals surface area contributed by atoms with Gasteiger partial charge < -0.3 is 15.8 Å². The van der Waals surface area contributed by atoms with E-state index in [0.29, 0.717) is 5.56 Å². The lowest BCUT2D eigenvalue weighted by molar-refractivity contribution is -0.132. The Hall–Kier alpha value is -1.60. The molecule has 0 aromatic heterocycles. The molecule has 0 heterocycles. The van der Waals surface area contributed by atoms with E-state index in [1.54, 1.807) is 12.1 Å². The Morgan fingerprint density at radius 1 is 1.37 bits per heavy atom. The fourth-order valence-corrected chi connectivity index (χ4v) is 1.38. The Labute approximate surface area is 108 Å². The summed E-state index contributed by atoms with van der Waals surface area (Å²) >= 11 is 0. The molecule has 0 radical (unpaired) electrons. The van der Waals surface area contributed by atoms with E-state index in [4.69, 9.17) is 10.5 Å². The van der Waals surface area contributed by atoms with Gasteiger partial charge in [0.2, 0.25) is 0 Å². The smallest absolute Gasteiger partial charge is 0.363 e. The number of hydrogen-bond donors (Lipinski definition) is 2. The van der Waals surface area contributed by atoms with Crippen molar-refractivity contribution in [3.8, 4) is 0 Å². The van der Waals surface area contributed by atoms with Crippen LogP contribution in [0, 0.1) is 0 Å². The number of benzene rings is 1. The molecule has 0 saturated carbocycles. The second-order valence-corrected chi connectivity index (χ2v) is 3.90. The summed E-state index contributed by atoms with van der Waals surface area (Å²) in [5, 5.41) is 2.20. The van der Waals surface area contributed by atoms with Crippen LogP contribution in [0.1, 0.15) is 28.6 Å². The first-order valence-corrected chi connectivity index (χ1v) is 5.57. The summed E-state index contributed by atoms with van der Waals surface area (Å²) in [5.41, 5.74) is 6.55. The number of ether oxygens (including phenoxy) is 1. The van der Waals surface area contributed by atoms with E-state index in [0.717, 1.165) is 0 Å². The van der Waals surface area contributed by atoms with Crippen molar-refractivity contribution in [2.45, 2.75) is 18.8 Å². The predicted octanol–water partition coefficient (Wildman–Crippen LogP) is 1.97. The molecule has 0 aliphatic rings. The third kappa shape index (κ3) is 5.27. The molecule has 19 heavy (non-hydrogen) atoms. The maximum atomic E-state index is 11.9. The maximum absolute atomic E-state index is 11.9. The summed E-state index contributed by atoms with van der Waals surface area (Å²) in [7, 11) is 1.45.